The summed E-state index contributed by atoms with van der Waals surface area (Å²) >= 11 is 0. The number of halogens is 6. The van der Waals surface area contributed by atoms with Gasteiger partial charge in [-0.3, -0.25) is 4.98 Å². The van der Waals surface area contributed by atoms with E-state index in [1.807, 2.05) is 0 Å². The Balaban J connectivity index is 0.00000272. The number of ether oxygens (including phenoxy) is 1. The lowest BCUT2D eigenvalue weighted by Crippen LogP contribution is -2.46. The number of benzene rings is 2. The maximum absolute atomic E-state index is 14.2. The molecule has 0 bridgehead atoms. The van der Waals surface area contributed by atoms with Crippen molar-refractivity contribution in [1.29, 1.82) is 0 Å². The Kier molecular flexibility index (Phi) is 6.56. The third-order valence-corrected chi connectivity index (χ3v) is 5.27. The molecule has 166 valence electrons. The van der Waals surface area contributed by atoms with Crippen molar-refractivity contribution in [1.82, 2.24) is 10.3 Å². The number of alkyl halides is 3. The van der Waals surface area contributed by atoms with Gasteiger partial charge in [0.05, 0.1) is 5.69 Å². The molecule has 0 atom stereocenters. The zero-order chi connectivity index (χ0) is 21.5. The van der Waals surface area contributed by atoms with Crippen LogP contribution < -0.4 is 15.8 Å². The van der Waals surface area contributed by atoms with E-state index in [0.717, 1.165) is 16.8 Å². The molecular formula is C21H19ClF5N3O. The van der Waals surface area contributed by atoms with Gasteiger partial charge >= 0.3 is 6.18 Å². The van der Waals surface area contributed by atoms with Gasteiger partial charge in [-0.15, -0.1) is 12.4 Å². The molecule has 3 N–H and O–H groups in total. The van der Waals surface area contributed by atoms with E-state index in [1.54, 1.807) is 24.5 Å². The van der Waals surface area contributed by atoms with Crippen LogP contribution in [0.15, 0.2) is 42.7 Å². The molecule has 10 heteroatoms. The molecule has 0 unspecified atom stereocenters. The minimum Gasteiger partial charge on any atom is -0.488 e. The summed E-state index contributed by atoms with van der Waals surface area (Å²) in [5, 5.41) is 4.83. The first-order valence-corrected chi connectivity index (χ1v) is 9.30. The fraction of sp³-hybridized carbons (Fsp3) is 0.286. The highest BCUT2D eigenvalue weighted by atomic mass is 35.5. The van der Waals surface area contributed by atoms with E-state index in [2.05, 4.69) is 10.3 Å². The number of anilines is 1. The van der Waals surface area contributed by atoms with Crippen molar-refractivity contribution in [2.45, 2.75) is 37.7 Å². The third kappa shape index (κ3) is 4.67. The number of rotatable bonds is 5. The summed E-state index contributed by atoms with van der Waals surface area (Å²) in [5.74, 6) is -1.96. The summed E-state index contributed by atoms with van der Waals surface area (Å²) < 4.78 is 72.2. The molecule has 1 fully saturated rings. The number of nitrogens with one attached hydrogen (secondary N) is 1. The monoisotopic (exact) mass is 459 g/mol. The topological polar surface area (TPSA) is 60.2 Å². The molecule has 0 aliphatic heterocycles. The summed E-state index contributed by atoms with van der Waals surface area (Å²) in [6, 6.07) is 6.61. The zero-order valence-electron chi connectivity index (χ0n) is 16.0. The number of nitrogen functional groups attached to an aromatic ring is 1. The quantitative estimate of drug-likeness (QED) is 0.405. The minimum atomic E-state index is -4.91. The molecule has 0 radical (unpaired) electrons. The fourth-order valence-corrected chi connectivity index (χ4v) is 3.61. The smallest absolute Gasteiger partial charge is 0.421 e. The average Bonchev–Trinajstić information content (AvgIpc) is 2.65. The molecule has 4 nitrogen and oxygen atoms in total. The Labute approximate surface area is 181 Å². The van der Waals surface area contributed by atoms with Crippen molar-refractivity contribution < 1.29 is 26.7 Å². The molecule has 2 aromatic carbocycles. The molecule has 1 aromatic heterocycles. The lowest BCUT2D eigenvalue weighted by molar-refractivity contribution is -0.139. The van der Waals surface area contributed by atoms with Gasteiger partial charge in [-0.2, -0.15) is 13.2 Å². The van der Waals surface area contributed by atoms with E-state index in [4.69, 9.17) is 10.5 Å². The largest absolute Gasteiger partial charge is 0.488 e. The van der Waals surface area contributed by atoms with E-state index in [0.29, 0.717) is 31.0 Å². The van der Waals surface area contributed by atoms with Crippen LogP contribution in [-0.2, 0) is 12.7 Å². The molecule has 1 aliphatic rings. The first-order chi connectivity index (χ1) is 14.2. The molecule has 1 saturated carbocycles. The molecule has 4 rings (SSSR count). The average molecular weight is 460 g/mol. The fourth-order valence-electron chi connectivity index (χ4n) is 3.61. The lowest BCUT2D eigenvalue weighted by Gasteiger charge is -2.36. The highest BCUT2D eigenvalue weighted by Gasteiger charge is 2.39. The van der Waals surface area contributed by atoms with Crippen LogP contribution in [-0.4, -0.2) is 17.1 Å². The molecular weight excluding hydrogens is 441 g/mol. The summed E-state index contributed by atoms with van der Waals surface area (Å²) in [6.45, 7) is 0.293. The Morgan fingerprint density at radius 2 is 1.77 bits per heavy atom. The second-order valence-electron chi connectivity index (χ2n) is 7.24. The normalized spacial score (nSPS) is 18.4. The third-order valence-electron chi connectivity index (χ3n) is 5.27. The summed E-state index contributed by atoms with van der Waals surface area (Å²) in [7, 11) is 0. The first kappa shape index (κ1) is 23.0. The second-order valence-corrected chi connectivity index (χ2v) is 7.24. The van der Waals surface area contributed by atoms with Crippen molar-refractivity contribution in [3.8, 4) is 5.75 Å². The van der Waals surface area contributed by atoms with Gasteiger partial charge in [0.15, 0.2) is 0 Å². The maximum Gasteiger partial charge on any atom is 0.421 e. The van der Waals surface area contributed by atoms with E-state index in [9.17, 15) is 22.0 Å². The number of pyridine rings is 1. The van der Waals surface area contributed by atoms with E-state index >= 15 is 0 Å². The highest BCUT2D eigenvalue weighted by molar-refractivity contribution is 5.85. The Morgan fingerprint density at radius 1 is 1.06 bits per heavy atom. The summed E-state index contributed by atoms with van der Waals surface area (Å²) in [6.07, 6.45) is -1.000. The van der Waals surface area contributed by atoms with Crippen LogP contribution in [0.5, 0.6) is 5.75 Å². The standard InChI is InChI=1S/C21H18F5N3O.ClH/c22-16-2-1-11-9-28-6-5-14(11)15(16)10-29-12-7-13(8-12)30-18-4-3-17(23)19(20(18)27)21(24,25)26;/h1-6,9,12-13,29H,7-8,10,27H2;1H. The Bertz CT molecular complexity index is 1090. The molecule has 0 saturated heterocycles. The molecule has 0 amide bonds. The van der Waals surface area contributed by atoms with Gasteiger partial charge in [0, 0.05) is 35.9 Å². The number of nitrogens with two attached hydrogens (primary N) is 1. The van der Waals surface area contributed by atoms with Gasteiger partial charge in [0.2, 0.25) is 0 Å². The predicted molar refractivity (Wildman–Crippen MR) is 109 cm³/mol. The minimum absolute atomic E-state index is 0. The van der Waals surface area contributed by atoms with Gasteiger partial charge in [-0.05, 0) is 48.6 Å². The van der Waals surface area contributed by atoms with Crippen molar-refractivity contribution in [3.63, 3.8) is 0 Å². The van der Waals surface area contributed by atoms with Gasteiger partial charge in [0.1, 0.15) is 29.1 Å². The molecule has 0 spiro atoms. The van der Waals surface area contributed by atoms with E-state index in [-0.39, 0.29) is 36.1 Å². The van der Waals surface area contributed by atoms with E-state index < -0.39 is 23.2 Å². The Hall–Kier alpha value is -2.65. The van der Waals surface area contributed by atoms with Gasteiger partial charge in [0.25, 0.3) is 0 Å². The van der Waals surface area contributed by atoms with Crippen molar-refractivity contribution in [2.24, 2.45) is 0 Å². The maximum atomic E-state index is 14.2. The van der Waals surface area contributed by atoms with E-state index in [1.165, 1.54) is 6.07 Å². The number of hydrogen-bond donors (Lipinski definition) is 2. The molecule has 1 heterocycles. The van der Waals surface area contributed by atoms with Crippen molar-refractivity contribution >= 4 is 28.9 Å². The van der Waals surface area contributed by atoms with Crippen LogP contribution in [0.3, 0.4) is 0 Å². The van der Waals surface area contributed by atoms with Crippen LogP contribution in [0.25, 0.3) is 10.8 Å². The van der Waals surface area contributed by atoms with Crippen LogP contribution >= 0.6 is 12.4 Å². The van der Waals surface area contributed by atoms with Crippen LogP contribution in [0.1, 0.15) is 24.0 Å². The highest BCUT2D eigenvalue weighted by Crippen LogP contribution is 2.41. The second kappa shape index (κ2) is 8.84. The van der Waals surface area contributed by atoms with Crippen molar-refractivity contribution in [2.75, 3.05) is 5.73 Å². The predicted octanol–water partition coefficient (Wildman–Crippen LogP) is 5.24. The van der Waals surface area contributed by atoms with Gasteiger partial charge < -0.3 is 15.8 Å². The zero-order valence-corrected chi connectivity index (χ0v) is 16.9. The number of hydrogen-bond acceptors (Lipinski definition) is 4. The number of fused-ring (bicyclic) bond motifs is 1. The van der Waals surface area contributed by atoms with Gasteiger partial charge in [-0.25, -0.2) is 8.78 Å². The SMILES string of the molecule is Cl.Nc1c(OC2CC(NCc3c(F)ccc4cnccc34)C2)ccc(F)c1C(F)(F)F. The van der Waals surface area contributed by atoms with Crippen molar-refractivity contribution in [3.05, 3.63) is 65.5 Å². The molecule has 31 heavy (non-hydrogen) atoms. The summed E-state index contributed by atoms with van der Waals surface area (Å²) in [5.41, 5.74) is 3.74. The Morgan fingerprint density at radius 3 is 2.48 bits per heavy atom. The molecule has 3 aromatic rings. The lowest BCUT2D eigenvalue weighted by atomic mass is 9.88. The van der Waals surface area contributed by atoms with Crippen LogP contribution in [0.4, 0.5) is 27.6 Å². The van der Waals surface area contributed by atoms with Gasteiger partial charge in [-0.1, -0.05) is 0 Å². The number of aromatic nitrogens is 1. The number of nitrogens with zero attached hydrogens (tertiary/aromatic N) is 1. The summed E-state index contributed by atoms with van der Waals surface area (Å²) in [4.78, 5) is 4.03. The first-order valence-electron chi connectivity index (χ1n) is 9.30. The molecule has 1 aliphatic carbocycles. The van der Waals surface area contributed by atoms with Crippen LogP contribution in [0, 0.1) is 11.6 Å². The van der Waals surface area contributed by atoms with Crippen LogP contribution in [0.2, 0.25) is 0 Å².